The van der Waals surface area contributed by atoms with Crippen LogP contribution in [-0.4, -0.2) is 48.5 Å². The standard InChI is InChI=1S/C22H22ClN3O4/c1-2-30-22(29)25-11-9-15(10-12-25)24-18-8-7-14(23)13-19(18)26-20(27)16-5-3-4-6-17(16)21(26)28/h3-8,13,15,24H,2,9-12H2,1H3. The molecule has 2 aliphatic heterocycles. The Balaban J connectivity index is 1.54. The Kier molecular flexibility index (Phi) is 5.63. The predicted molar refractivity (Wildman–Crippen MR) is 114 cm³/mol. The van der Waals surface area contributed by atoms with Crippen LogP contribution in [0.3, 0.4) is 0 Å². The molecular formula is C22H22ClN3O4. The van der Waals surface area contributed by atoms with E-state index in [1.807, 2.05) is 0 Å². The number of nitrogens with one attached hydrogen (secondary N) is 1. The van der Waals surface area contributed by atoms with Gasteiger partial charge in [-0.3, -0.25) is 9.59 Å². The Hall–Kier alpha value is -3.06. The molecular weight excluding hydrogens is 406 g/mol. The number of piperidine rings is 1. The van der Waals surface area contributed by atoms with Crippen molar-refractivity contribution in [3.8, 4) is 0 Å². The van der Waals surface area contributed by atoms with Crippen LogP contribution >= 0.6 is 11.6 Å². The number of carbonyl (C=O) groups excluding carboxylic acids is 3. The molecule has 4 rings (SSSR count). The maximum absolute atomic E-state index is 12.9. The van der Waals surface area contributed by atoms with Crippen molar-refractivity contribution < 1.29 is 19.1 Å². The van der Waals surface area contributed by atoms with Crippen LogP contribution < -0.4 is 10.2 Å². The number of carbonyl (C=O) groups is 3. The summed E-state index contributed by atoms with van der Waals surface area (Å²) in [6, 6.07) is 12.0. The van der Waals surface area contributed by atoms with Gasteiger partial charge in [-0.2, -0.15) is 0 Å². The number of amides is 3. The lowest BCUT2D eigenvalue weighted by Gasteiger charge is -2.33. The van der Waals surface area contributed by atoms with Crippen LogP contribution in [0, 0.1) is 0 Å². The van der Waals surface area contributed by atoms with Gasteiger partial charge in [-0.25, -0.2) is 9.69 Å². The number of ether oxygens (including phenoxy) is 1. The minimum atomic E-state index is -0.363. The first-order valence-corrected chi connectivity index (χ1v) is 10.3. The number of imide groups is 1. The van der Waals surface area contributed by atoms with Crippen molar-refractivity contribution in [3.05, 3.63) is 58.6 Å². The van der Waals surface area contributed by atoms with Gasteiger partial charge in [0.15, 0.2) is 0 Å². The molecule has 3 amide bonds. The van der Waals surface area contributed by atoms with E-state index in [1.165, 1.54) is 4.90 Å². The molecule has 1 saturated heterocycles. The molecule has 2 aromatic carbocycles. The second-order valence-electron chi connectivity index (χ2n) is 7.26. The molecule has 8 heteroatoms. The molecule has 1 N–H and O–H groups in total. The van der Waals surface area contributed by atoms with Crippen molar-refractivity contribution in [2.24, 2.45) is 0 Å². The molecule has 1 fully saturated rings. The molecule has 156 valence electrons. The van der Waals surface area contributed by atoms with E-state index < -0.39 is 0 Å². The van der Waals surface area contributed by atoms with Crippen LogP contribution in [0.5, 0.6) is 0 Å². The smallest absolute Gasteiger partial charge is 0.409 e. The maximum Gasteiger partial charge on any atom is 0.409 e. The average molecular weight is 428 g/mol. The van der Waals surface area contributed by atoms with Gasteiger partial charge < -0.3 is 15.0 Å². The zero-order valence-corrected chi connectivity index (χ0v) is 17.3. The summed E-state index contributed by atoms with van der Waals surface area (Å²) >= 11 is 6.19. The van der Waals surface area contributed by atoms with Gasteiger partial charge in [0.25, 0.3) is 11.8 Å². The lowest BCUT2D eigenvalue weighted by Crippen LogP contribution is -2.42. The third-order valence-corrected chi connectivity index (χ3v) is 5.61. The van der Waals surface area contributed by atoms with Crippen molar-refractivity contribution in [1.82, 2.24) is 4.90 Å². The predicted octanol–water partition coefficient (Wildman–Crippen LogP) is 4.17. The topological polar surface area (TPSA) is 79.0 Å². The lowest BCUT2D eigenvalue weighted by atomic mass is 10.0. The Labute approximate surface area is 179 Å². The van der Waals surface area contributed by atoms with E-state index in [4.69, 9.17) is 16.3 Å². The van der Waals surface area contributed by atoms with Gasteiger partial charge in [0.1, 0.15) is 0 Å². The summed E-state index contributed by atoms with van der Waals surface area (Å²) in [5.41, 5.74) is 1.86. The van der Waals surface area contributed by atoms with Crippen molar-refractivity contribution in [2.45, 2.75) is 25.8 Å². The van der Waals surface area contributed by atoms with Crippen LogP contribution in [-0.2, 0) is 4.74 Å². The van der Waals surface area contributed by atoms with E-state index in [2.05, 4.69) is 5.32 Å². The molecule has 7 nitrogen and oxygen atoms in total. The van der Waals surface area contributed by atoms with Crippen LogP contribution in [0.1, 0.15) is 40.5 Å². The largest absolute Gasteiger partial charge is 0.450 e. The fraction of sp³-hybridized carbons (Fsp3) is 0.318. The molecule has 0 spiro atoms. The van der Waals surface area contributed by atoms with Crippen LogP contribution in [0.4, 0.5) is 16.2 Å². The van der Waals surface area contributed by atoms with Gasteiger partial charge in [-0.1, -0.05) is 23.7 Å². The molecule has 2 heterocycles. The molecule has 0 aromatic heterocycles. The molecule has 0 aliphatic carbocycles. The fourth-order valence-electron chi connectivity index (χ4n) is 3.86. The first kappa shape index (κ1) is 20.2. The highest BCUT2D eigenvalue weighted by atomic mass is 35.5. The van der Waals surface area contributed by atoms with Crippen LogP contribution in [0.25, 0.3) is 0 Å². The summed E-state index contributed by atoms with van der Waals surface area (Å²) in [5, 5.41) is 3.86. The second kappa shape index (κ2) is 8.36. The van der Waals surface area contributed by atoms with Crippen molar-refractivity contribution >= 4 is 40.9 Å². The molecule has 2 aliphatic rings. The maximum atomic E-state index is 12.9. The quantitative estimate of drug-likeness (QED) is 0.741. The Bertz CT molecular complexity index is 967. The fourth-order valence-corrected chi connectivity index (χ4v) is 4.03. The van der Waals surface area contributed by atoms with Gasteiger partial charge in [-0.05, 0) is 50.1 Å². The summed E-state index contributed by atoms with van der Waals surface area (Å²) in [6.07, 6.45) is 1.15. The number of fused-ring (bicyclic) bond motifs is 1. The SMILES string of the molecule is CCOC(=O)N1CCC(Nc2ccc(Cl)cc2N2C(=O)c3ccccc3C2=O)CC1. The van der Waals surface area contributed by atoms with E-state index in [0.29, 0.717) is 47.2 Å². The number of rotatable bonds is 4. The monoisotopic (exact) mass is 427 g/mol. The van der Waals surface area contributed by atoms with Crippen molar-refractivity contribution in [1.29, 1.82) is 0 Å². The zero-order chi connectivity index (χ0) is 21.3. The summed E-state index contributed by atoms with van der Waals surface area (Å²) in [5.74, 6) is -0.726. The van der Waals surface area contributed by atoms with E-state index in [9.17, 15) is 14.4 Å². The molecule has 0 bridgehead atoms. The van der Waals surface area contributed by atoms with Gasteiger partial charge in [0.2, 0.25) is 0 Å². The minimum Gasteiger partial charge on any atom is -0.450 e. The van der Waals surface area contributed by atoms with Crippen LogP contribution in [0.15, 0.2) is 42.5 Å². The van der Waals surface area contributed by atoms with Gasteiger partial charge in [0, 0.05) is 24.2 Å². The minimum absolute atomic E-state index is 0.0887. The lowest BCUT2D eigenvalue weighted by molar-refractivity contribution is 0.0923. The third kappa shape index (κ3) is 3.73. The first-order chi connectivity index (χ1) is 14.5. The highest BCUT2D eigenvalue weighted by Crippen LogP contribution is 2.36. The number of likely N-dealkylation sites (tertiary alicyclic amines) is 1. The number of nitrogens with zero attached hydrogens (tertiary/aromatic N) is 2. The molecule has 30 heavy (non-hydrogen) atoms. The average Bonchev–Trinajstić information content (AvgIpc) is 3.00. The van der Waals surface area contributed by atoms with Gasteiger partial charge in [0.05, 0.1) is 29.1 Å². The molecule has 0 radical (unpaired) electrons. The Morgan fingerprint density at radius 2 is 1.73 bits per heavy atom. The summed E-state index contributed by atoms with van der Waals surface area (Å²) in [7, 11) is 0. The summed E-state index contributed by atoms with van der Waals surface area (Å²) in [6.45, 7) is 3.29. The Morgan fingerprint density at radius 3 is 2.33 bits per heavy atom. The number of hydrogen-bond acceptors (Lipinski definition) is 5. The molecule has 0 atom stereocenters. The van der Waals surface area contributed by atoms with Crippen molar-refractivity contribution in [3.63, 3.8) is 0 Å². The first-order valence-electron chi connectivity index (χ1n) is 9.95. The van der Waals surface area contributed by atoms with Crippen molar-refractivity contribution in [2.75, 3.05) is 29.9 Å². The normalized spacial score (nSPS) is 16.6. The molecule has 0 saturated carbocycles. The third-order valence-electron chi connectivity index (χ3n) is 5.38. The number of halogens is 1. The highest BCUT2D eigenvalue weighted by molar-refractivity contribution is 6.36. The zero-order valence-electron chi connectivity index (χ0n) is 16.6. The van der Waals surface area contributed by atoms with Gasteiger partial charge >= 0.3 is 6.09 Å². The second-order valence-corrected chi connectivity index (χ2v) is 7.69. The summed E-state index contributed by atoms with van der Waals surface area (Å²) < 4.78 is 5.06. The highest BCUT2D eigenvalue weighted by Gasteiger charge is 2.38. The Morgan fingerprint density at radius 1 is 1.10 bits per heavy atom. The van der Waals surface area contributed by atoms with E-state index in [0.717, 1.165) is 12.8 Å². The molecule has 2 aromatic rings. The number of benzene rings is 2. The number of hydrogen-bond donors (Lipinski definition) is 1. The number of anilines is 2. The summed E-state index contributed by atoms with van der Waals surface area (Å²) in [4.78, 5) is 40.6. The van der Waals surface area contributed by atoms with E-state index in [-0.39, 0.29) is 23.9 Å². The van der Waals surface area contributed by atoms with E-state index >= 15 is 0 Å². The van der Waals surface area contributed by atoms with E-state index in [1.54, 1.807) is 54.3 Å². The van der Waals surface area contributed by atoms with Crippen LogP contribution in [0.2, 0.25) is 5.02 Å². The molecule has 0 unspecified atom stereocenters. The van der Waals surface area contributed by atoms with Gasteiger partial charge in [-0.15, -0.1) is 0 Å².